The second-order valence-electron chi connectivity index (χ2n) is 14.1. The summed E-state index contributed by atoms with van der Waals surface area (Å²) in [7, 11) is 0. The molecule has 0 fully saturated rings. The van der Waals surface area contributed by atoms with Gasteiger partial charge in [-0.25, -0.2) is 15.0 Å². The van der Waals surface area contributed by atoms with Crippen molar-refractivity contribution in [1.29, 1.82) is 0 Å². The highest BCUT2D eigenvalue weighted by Crippen LogP contribution is 2.50. The summed E-state index contributed by atoms with van der Waals surface area (Å²) >= 11 is 0. The van der Waals surface area contributed by atoms with E-state index in [1.807, 2.05) is 12.1 Å². The van der Waals surface area contributed by atoms with Crippen LogP contribution in [0.1, 0.15) is 25.0 Å². The van der Waals surface area contributed by atoms with Crippen LogP contribution in [0, 0.1) is 0 Å². The third-order valence-electron chi connectivity index (χ3n) is 10.5. The average molecular weight is 668 g/mol. The molecule has 0 N–H and O–H groups in total. The van der Waals surface area contributed by atoms with E-state index >= 15 is 0 Å². The van der Waals surface area contributed by atoms with E-state index in [4.69, 9.17) is 19.4 Å². The van der Waals surface area contributed by atoms with Crippen molar-refractivity contribution in [3.8, 4) is 67.5 Å². The monoisotopic (exact) mass is 667 g/mol. The van der Waals surface area contributed by atoms with E-state index in [0.29, 0.717) is 17.5 Å². The molecule has 1 aliphatic rings. The molecule has 2 aromatic heterocycles. The molecule has 0 saturated heterocycles. The Morgan fingerprint density at radius 2 is 0.865 bits per heavy atom. The molecule has 0 spiro atoms. The molecule has 0 atom stereocenters. The predicted octanol–water partition coefficient (Wildman–Crippen LogP) is 12.4. The molecule has 0 saturated carbocycles. The largest absolute Gasteiger partial charge is 0.456 e. The molecule has 246 valence electrons. The predicted molar refractivity (Wildman–Crippen MR) is 212 cm³/mol. The fraction of sp³-hybridized carbons (Fsp3) is 0.0625. The van der Waals surface area contributed by atoms with Crippen LogP contribution in [0.25, 0.3) is 89.5 Å². The van der Waals surface area contributed by atoms with Crippen molar-refractivity contribution < 1.29 is 4.42 Å². The van der Waals surface area contributed by atoms with Crippen LogP contribution < -0.4 is 0 Å². The van der Waals surface area contributed by atoms with Gasteiger partial charge < -0.3 is 4.42 Å². The molecule has 0 unspecified atom stereocenters. The lowest BCUT2D eigenvalue weighted by molar-refractivity contribution is 0.658. The van der Waals surface area contributed by atoms with Gasteiger partial charge in [-0.2, -0.15) is 0 Å². The van der Waals surface area contributed by atoms with Gasteiger partial charge >= 0.3 is 0 Å². The van der Waals surface area contributed by atoms with Crippen molar-refractivity contribution in [3.05, 3.63) is 175 Å². The topological polar surface area (TPSA) is 51.8 Å². The van der Waals surface area contributed by atoms with E-state index < -0.39 is 0 Å². The maximum Gasteiger partial charge on any atom is 0.164 e. The molecule has 0 amide bonds. The fourth-order valence-corrected chi connectivity index (χ4v) is 7.81. The number of furan rings is 1. The van der Waals surface area contributed by atoms with Crippen LogP contribution in [-0.4, -0.2) is 15.0 Å². The third kappa shape index (κ3) is 4.95. The number of rotatable bonds is 5. The summed E-state index contributed by atoms with van der Waals surface area (Å²) in [5.74, 6) is 1.82. The maximum atomic E-state index is 6.61. The standard InChI is InChI=1S/C48H33N3O/c1-48(2)41-22-10-9-21-37(41)39-29-44-40(28-42(39)48)38-24-23-36(27-43(38)52-44)47-50-45(34-19-11-17-32(25-34)30-13-5-3-6-14-30)49-46(51-47)35-20-12-18-33(26-35)31-15-7-4-8-16-31/h3-29H,1-2H3. The van der Waals surface area contributed by atoms with Crippen molar-refractivity contribution in [3.63, 3.8) is 0 Å². The first-order valence-electron chi connectivity index (χ1n) is 17.7. The summed E-state index contributed by atoms with van der Waals surface area (Å²) in [6.07, 6.45) is 0. The van der Waals surface area contributed by atoms with E-state index in [1.54, 1.807) is 0 Å². The van der Waals surface area contributed by atoms with Gasteiger partial charge in [-0.1, -0.05) is 141 Å². The van der Waals surface area contributed by atoms with E-state index in [1.165, 1.54) is 22.3 Å². The molecule has 0 radical (unpaired) electrons. The van der Waals surface area contributed by atoms with E-state index in [9.17, 15) is 0 Å². The van der Waals surface area contributed by atoms with Gasteiger partial charge in [0, 0.05) is 32.9 Å². The van der Waals surface area contributed by atoms with Crippen molar-refractivity contribution in [2.45, 2.75) is 19.3 Å². The van der Waals surface area contributed by atoms with Crippen LogP contribution in [0.5, 0.6) is 0 Å². The number of aromatic nitrogens is 3. The lowest BCUT2D eigenvalue weighted by Gasteiger charge is -2.21. The molecule has 0 aliphatic heterocycles. The summed E-state index contributed by atoms with van der Waals surface area (Å²) < 4.78 is 6.61. The normalized spacial score (nSPS) is 13.0. The summed E-state index contributed by atoms with van der Waals surface area (Å²) in [6, 6.07) is 57.2. The Kier molecular flexibility index (Phi) is 6.80. The second-order valence-corrected chi connectivity index (χ2v) is 14.1. The SMILES string of the molecule is CC1(C)c2ccccc2-c2cc3oc4cc(-c5nc(-c6cccc(-c7ccccc7)c6)nc(-c6cccc(-c7ccccc7)c6)n5)ccc4c3cc21. The third-order valence-corrected chi connectivity index (χ3v) is 10.5. The zero-order chi connectivity index (χ0) is 34.8. The van der Waals surface area contributed by atoms with Crippen molar-refractivity contribution in [2.24, 2.45) is 0 Å². The molecular weight excluding hydrogens is 635 g/mol. The fourth-order valence-electron chi connectivity index (χ4n) is 7.81. The highest BCUT2D eigenvalue weighted by molar-refractivity contribution is 6.08. The molecule has 52 heavy (non-hydrogen) atoms. The van der Waals surface area contributed by atoms with Crippen LogP contribution in [0.15, 0.2) is 168 Å². The van der Waals surface area contributed by atoms with Gasteiger partial charge in [0.25, 0.3) is 0 Å². The minimum absolute atomic E-state index is 0.0863. The highest BCUT2D eigenvalue weighted by atomic mass is 16.3. The van der Waals surface area contributed by atoms with Gasteiger partial charge in [0.1, 0.15) is 11.2 Å². The number of hydrogen-bond donors (Lipinski definition) is 0. The molecule has 9 aromatic rings. The smallest absolute Gasteiger partial charge is 0.164 e. The molecule has 4 nitrogen and oxygen atoms in total. The van der Waals surface area contributed by atoms with Gasteiger partial charge in [-0.3, -0.25) is 0 Å². The molecule has 4 heteroatoms. The second kappa shape index (κ2) is 11.7. The molecule has 1 aliphatic carbocycles. The summed E-state index contributed by atoms with van der Waals surface area (Å²) in [5.41, 5.74) is 14.0. The van der Waals surface area contributed by atoms with Gasteiger partial charge in [0.15, 0.2) is 17.5 Å². The van der Waals surface area contributed by atoms with E-state index in [-0.39, 0.29) is 5.41 Å². The molecule has 2 heterocycles. The van der Waals surface area contributed by atoms with Gasteiger partial charge in [0.05, 0.1) is 0 Å². The highest BCUT2D eigenvalue weighted by Gasteiger charge is 2.36. The first-order valence-corrected chi connectivity index (χ1v) is 17.7. The Morgan fingerprint density at radius 1 is 0.365 bits per heavy atom. The quantitative estimate of drug-likeness (QED) is 0.183. The summed E-state index contributed by atoms with van der Waals surface area (Å²) in [6.45, 7) is 4.62. The van der Waals surface area contributed by atoms with E-state index in [0.717, 1.165) is 60.9 Å². The minimum atomic E-state index is -0.0863. The van der Waals surface area contributed by atoms with Crippen LogP contribution in [0.4, 0.5) is 0 Å². The first-order chi connectivity index (χ1) is 25.5. The van der Waals surface area contributed by atoms with Crippen LogP contribution in [0.3, 0.4) is 0 Å². The Morgan fingerprint density at radius 3 is 1.48 bits per heavy atom. The van der Waals surface area contributed by atoms with Crippen LogP contribution in [-0.2, 0) is 5.41 Å². The Bertz CT molecular complexity index is 2720. The van der Waals surface area contributed by atoms with Crippen LogP contribution >= 0.6 is 0 Å². The van der Waals surface area contributed by atoms with Gasteiger partial charge in [-0.05, 0) is 80.9 Å². The van der Waals surface area contributed by atoms with Gasteiger partial charge in [0.2, 0.25) is 0 Å². The number of nitrogens with zero attached hydrogens (tertiary/aromatic N) is 3. The van der Waals surface area contributed by atoms with Crippen LogP contribution in [0.2, 0.25) is 0 Å². The molecule has 0 bridgehead atoms. The summed E-state index contributed by atoms with van der Waals surface area (Å²) in [5, 5.41) is 2.20. The number of fused-ring (bicyclic) bond motifs is 6. The Balaban J connectivity index is 1.13. The Labute approximate surface area is 302 Å². The van der Waals surface area contributed by atoms with Crippen molar-refractivity contribution in [1.82, 2.24) is 15.0 Å². The summed E-state index contributed by atoms with van der Waals surface area (Å²) in [4.78, 5) is 15.3. The zero-order valence-electron chi connectivity index (χ0n) is 28.8. The molecule has 10 rings (SSSR count). The minimum Gasteiger partial charge on any atom is -0.456 e. The van der Waals surface area contributed by atoms with Crippen molar-refractivity contribution >= 4 is 21.9 Å². The van der Waals surface area contributed by atoms with Gasteiger partial charge in [-0.15, -0.1) is 0 Å². The van der Waals surface area contributed by atoms with E-state index in [2.05, 4.69) is 166 Å². The number of benzene rings is 7. The first kappa shape index (κ1) is 30.2. The van der Waals surface area contributed by atoms with Crippen molar-refractivity contribution in [2.75, 3.05) is 0 Å². The zero-order valence-corrected chi connectivity index (χ0v) is 28.8. The average Bonchev–Trinajstić information content (AvgIpc) is 3.68. The molecule has 7 aromatic carbocycles. The lowest BCUT2D eigenvalue weighted by Crippen LogP contribution is -2.14. The molecular formula is C48H33N3O. The Hall–Kier alpha value is -6.65. The lowest BCUT2D eigenvalue weighted by atomic mass is 9.82. The maximum absolute atomic E-state index is 6.61. The number of hydrogen-bond acceptors (Lipinski definition) is 4.